The molecule has 11 nitrogen and oxygen atoms in total. The predicted octanol–water partition coefficient (Wildman–Crippen LogP) is 1.92. The molecule has 3 amide bonds. The zero-order valence-electron chi connectivity index (χ0n) is 20.9. The number of hydrogen-bond acceptors (Lipinski definition) is 7. The van der Waals surface area contributed by atoms with E-state index in [1.54, 1.807) is 12.1 Å². The van der Waals surface area contributed by atoms with Crippen molar-refractivity contribution in [2.75, 3.05) is 38.2 Å². The van der Waals surface area contributed by atoms with Crippen LogP contribution in [0.3, 0.4) is 0 Å². The van der Waals surface area contributed by atoms with Gasteiger partial charge in [0.1, 0.15) is 12.6 Å². The molecular weight excluding hydrogens is 582 g/mol. The van der Waals surface area contributed by atoms with Gasteiger partial charge in [-0.25, -0.2) is 8.78 Å². The molecule has 0 aromatic heterocycles. The molecule has 2 atom stereocenters. The van der Waals surface area contributed by atoms with Gasteiger partial charge in [0.15, 0.2) is 23.2 Å². The van der Waals surface area contributed by atoms with E-state index < -0.39 is 83.5 Å². The number of carbonyl (C=O) groups excluding carboxylic acids is 4. The Morgan fingerprint density at radius 2 is 1.76 bits per heavy atom. The quantitative estimate of drug-likeness (QED) is 0.223. The standard InChI is InChI=1S/C25H22ClF4N3O8/c26-13-3-1-2-4-16(13)31-24(38)25(39)33-5-6-40-10-12(9-33)23(37)32-17(8-19(35)36)18(34)11-41-22-20(29)14(27)7-15(28)21(22)30/h1-4,7,12,17H,5-6,8-11H2,(H,31,38)(H,32,37)(H,35,36). The highest BCUT2D eigenvalue weighted by Gasteiger charge is 2.33. The summed E-state index contributed by atoms with van der Waals surface area (Å²) < 4.78 is 64.4. The average molecular weight is 604 g/mol. The van der Waals surface area contributed by atoms with E-state index in [1.165, 1.54) is 12.1 Å². The van der Waals surface area contributed by atoms with E-state index in [-0.39, 0.29) is 43.1 Å². The molecule has 16 heteroatoms. The van der Waals surface area contributed by atoms with Crippen LogP contribution in [0.15, 0.2) is 30.3 Å². The number of halogens is 5. The van der Waals surface area contributed by atoms with Crippen molar-refractivity contribution in [2.24, 2.45) is 5.92 Å². The van der Waals surface area contributed by atoms with Gasteiger partial charge in [-0.15, -0.1) is 0 Å². The Bertz CT molecular complexity index is 1340. The molecule has 2 aromatic carbocycles. The van der Waals surface area contributed by atoms with Crippen LogP contribution in [0.25, 0.3) is 0 Å². The molecule has 0 saturated carbocycles. The van der Waals surface area contributed by atoms with Crippen molar-refractivity contribution in [3.05, 3.63) is 58.6 Å². The highest BCUT2D eigenvalue weighted by molar-refractivity contribution is 6.41. The third-order valence-corrected chi connectivity index (χ3v) is 6.08. The summed E-state index contributed by atoms with van der Waals surface area (Å²) in [5.41, 5.74) is 0.172. The first-order chi connectivity index (χ1) is 19.4. The van der Waals surface area contributed by atoms with E-state index in [4.69, 9.17) is 21.4 Å². The molecule has 220 valence electrons. The topological polar surface area (TPSA) is 151 Å². The van der Waals surface area contributed by atoms with Crippen LogP contribution in [0.5, 0.6) is 5.75 Å². The Morgan fingerprint density at radius 1 is 1.10 bits per heavy atom. The fourth-order valence-electron chi connectivity index (χ4n) is 3.67. The number of carbonyl (C=O) groups is 5. The van der Waals surface area contributed by atoms with Crippen LogP contribution in [-0.4, -0.2) is 78.4 Å². The molecule has 0 radical (unpaired) electrons. The number of amides is 3. The van der Waals surface area contributed by atoms with Gasteiger partial charge >= 0.3 is 17.8 Å². The van der Waals surface area contributed by atoms with Crippen LogP contribution in [0.2, 0.25) is 5.02 Å². The molecule has 0 bridgehead atoms. The van der Waals surface area contributed by atoms with Crippen molar-refractivity contribution < 1.29 is 56.1 Å². The largest absolute Gasteiger partial charge is 0.481 e. The molecule has 1 fully saturated rings. The lowest BCUT2D eigenvalue weighted by atomic mass is 10.1. The third-order valence-electron chi connectivity index (χ3n) is 5.75. The summed E-state index contributed by atoms with van der Waals surface area (Å²) in [6.07, 6.45) is -0.993. The zero-order valence-corrected chi connectivity index (χ0v) is 21.7. The minimum Gasteiger partial charge on any atom is -0.481 e. The first kappa shape index (κ1) is 31.3. The van der Waals surface area contributed by atoms with Crippen molar-refractivity contribution in [1.29, 1.82) is 0 Å². The number of ether oxygens (including phenoxy) is 2. The Morgan fingerprint density at radius 3 is 2.39 bits per heavy atom. The van der Waals surface area contributed by atoms with Crippen LogP contribution in [0.1, 0.15) is 6.42 Å². The van der Waals surface area contributed by atoms with Gasteiger partial charge in [0.05, 0.1) is 36.3 Å². The molecule has 1 heterocycles. The van der Waals surface area contributed by atoms with Gasteiger partial charge in [0, 0.05) is 19.2 Å². The Balaban J connectivity index is 1.67. The molecule has 3 rings (SSSR count). The Hall–Kier alpha value is -4.24. The number of rotatable bonds is 9. The maximum atomic E-state index is 13.8. The van der Waals surface area contributed by atoms with Crippen molar-refractivity contribution >= 4 is 46.8 Å². The fraction of sp³-hybridized carbons (Fsp3) is 0.320. The maximum Gasteiger partial charge on any atom is 0.313 e. The second-order valence-electron chi connectivity index (χ2n) is 8.67. The summed E-state index contributed by atoms with van der Waals surface area (Å²) in [5, 5.41) is 13.9. The third kappa shape index (κ3) is 8.14. The first-order valence-electron chi connectivity index (χ1n) is 11.8. The molecule has 41 heavy (non-hydrogen) atoms. The molecule has 1 aliphatic rings. The fourth-order valence-corrected chi connectivity index (χ4v) is 3.85. The van der Waals surface area contributed by atoms with Gasteiger partial charge < -0.3 is 30.1 Å². The lowest BCUT2D eigenvalue weighted by Gasteiger charge is -2.24. The number of benzene rings is 2. The van der Waals surface area contributed by atoms with E-state index >= 15 is 0 Å². The van der Waals surface area contributed by atoms with Gasteiger partial charge in [0.25, 0.3) is 0 Å². The molecular formula is C25H22ClF4N3O8. The molecule has 1 saturated heterocycles. The number of ketones is 1. The summed E-state index contributed by atoms with van der Waals surface area (Å²) in [6, 6.07) is 4.27. The van der Waals surface area contributed by atoms with Crippen molar-refractivity contribution in [2.45, 2.75) is 12.5 Å². The number of Topliss-reactive ketones (excluding diaryl/α,β-unsaturated/α-hetero) is 1. The van der Waals surface area contributed by atoms with Gasteiger partial charge in [-0.2, -0.15) is 8.78 Å². The number of carboxylic acid groups (broad SMARTS) is 1. The highest BCUT2D eigenvalue weighted by atomic mass is 35.5. The smallest absolute Gasteiger partial charge is 0.313 e. The predicted molar refractivity (Wildman–Crippen MR) is 132 cm³/mol. The second kappa shape index (κ2) is 13.9. The van der Waals surface area contributed by atoms with E-state index in [0.717, 1.165) is 4.90 Å². The molecule has 2 unspecified atom stereocenters. The second-order valence-corrected chi connectivity index (χ2v) is 9.08. The minimum absolute atomic E-state index is 0.0540. The molecule has 0 spiro atoms. The lowest BCUT2D eigenvalue weighted by molar-refractivity contribution is -0.144. The normalized spacial score (nSPS) is 15.8. The minimum atomic E-state index is -1.92. The van der Waals surface area contributed by atoms with E-state index in [9.17, 15) is 41.5 Å². The number of carboxylic acids is 1. The van der Waals surface area contributed by atoms with Crippen LogP contribution >= 0.6 is 11.6 Å². The van der Waals surface area contributed by atoms with E-state index in [0.29, 0.717) is 0 Å². The van der Waals surface area contributed by atoms with Gasteiger partial charge in [0.2, 0.25) is 17.5 Å². The molecule has 0 aliphatic carbocycles. The van der Waals surface area contributed by atoms with Gasteiger partial charge in [-0.1, -0.05) is 23.7 Å². The maximum absolute atomic E-state index is 13.8. The number of aliphatic carboxylic acids is 1. The number of nitrogens with zero attached hydrogens (tertiary/aromatic N) is 1. The highest BCUT2D eigenvalue weighted by Crippen LogP contribution is 2.26. The zero-order chi connectivity index (χ0) is 30.3. The molecule has 2 aromatic rings. The Kier molecular flexibility index (Phi) is 10.6. The summed E-state index contributed by atoms with van der Waals surface area (Å²) in [7, 11) is 0. The van der Waals surface area contributed by atoms with Crippen molar-refractivity contribution in [3.63, 3.8) is 0 Å². The van der Waals surface area contributed by atoms with Gasteiger partial charge in [-0.05, 0) is 12.1 Å². The number of para-hydroxylation sites is 1. The summed E-state index contributed by atoms with van der Waals surface area (Å²) in [6.45, 7) is -2.02. The van der Waals surface area contributed by atoms with Crippen molar-refractivity contribution in [3.8, 4) is 5.75 Å². The summed E-state index contributed by atoms with van der Waals surface area (Å²) in [5.74, 6) is -15.9. The molecule has 3 N–H and O–H groups in total. The molecule has 1 aliphatic heterocycles. The van der Waals surface area contributed by atoms with Crippen LogP contribution in [0.4, 0.5) is 23.2 Å². The average Bonchev–Trinajstić information content (AvgIpc) is 3.18. The van der Waals surface area contributed by atoms with Crippen LogP contribution < -0.4 is 15.4 Å². The SMILES string of the molecule is O=C(O)CC(NC(=O)C1COCCN(C(=O)C(=O)Nc2ccccc2Cl)C1)C(=O)COc1c(F)c(F)cc(F)c1F. The van der Waals surface area contributed by atoms with Crippen LogP contribution in [0, 0.1) is 29.2 Å². The van der Waals surface area contributed by atoms with E-state index in [2.05, 4.69) is 15.4 Å². The van der Waals surface area contributed by atoms with Gasteiger partial charge in [-0.3, -0.25) is 24.0 Å². The Labute approximate surface area is 234 Å². The van der Waals surface area contributed by atoms with E-state index in [1.807, 2.05) is 0 Å². The van der Waals surface area contributed by atoms with Crippen molar-refractivity contribution in [1.82, 2.24) is 10.2 Å². The number of anilines is 1. The number of nitrogens with one attached hydrogen (secondary N) is 2. The monoisotopic (exact) mass is 603 g/mol. The number of hydrogen-bond donors (Lipinski definition) is 3. The van der Waals surface area contributed by atoms with Crippen LogP contribution in [-0.2, 0) is 28.7 Å². The summed E-state index contributed by atoms with van der Waals surface area (Å²) >= 11 is 5.98. The summed E-state index contributed by atoms with van der Waals surface area (Å²) in [4.78, 5) is 63.1. The first-order valence-corrected chi connectivity index (χ1v) is 12.2. The lowest BCUT2D eigenvalue weighted by Crippen LogP contribution is -2.50.